The highest BCUT2D eigenvalue weighted by Gasteiger charge is 2.32. The van der Waals surface area contributed by atoms with Crippen molar-refractivity contribution in [2.45, 2.75) is 25.1 Å². The lowest BCUT2D eigenvalue weighted by Gasteiger charge is -2.35. The molecule has 2 aromatic rings. The van der Waals surface area contributed by atoms with Crippen LogP contribution in [0.5, 0.6) is 0 Å². The number of anilines is 3. The first-order chi connectivity index (χ1) is 13.7. The molecule has 3 rings (SSSR count). The number of likely N-dealkylation sites (tertiary alicyclic amines) is 1. The number of nitrogens with one attached hydrogen (secondary N) is 1. The molecule has 0 bridgehead atoms. The van der Waals surface area contributed by atoms with Gasteiger partial charge in [-0.1, -0.05) is 0 Å². The van der Waals surface area contributed by atoms with Crippen LogP contribution in [-0.2, 0) is 6.18 Å². The first-order valence-electron chi connectivity index (χ1n) is 9.02. The van der Waals surface area contributed by atoms with E-state index in [1.54, 1.807) is 11.9 Å². The van der Waals surface area contributed by atoms with E-state index in [-0.39, 0.29) is 29.1 Å². The Morgan fingerprint density at radius 2 is 1.83 bits per heavy atom. The largest absolute Gasteiger partial charge is 0.416 e. The maximum atomic E-state index is 12.7. The third-order valence-electron chi connectivity index (χ3n) is 5.03. The molecule has 0 spiro atoms. The third-order valence-corrected chi connectivity index (χ3v) is 5.03. The highest BCUT2D eigenvalue weighted by Crippen LogP contribution is 2.36. The Kier molecular flexibility index (Phi) is 5.87. The normalized spacial score (nSPS) is 15.9. The van der Waals surface area contributed by atoms with Crippen LogP contribution in [0.15, 0.2) is 30.6 Å². The number of nitro groups is 1. The number of piperidine rings is 1. The highest BCUT2D eigenvalue weighted by atomic mass is 19.4. The van der Waals surface area contributed by atoms with E-state index in [0.717, 1.165) is 38.1 Å². The molecule has 1 aliphatic heterocycles. The smallest absolute Gasteiger partial charge is 0.351 e. The number of hydrogen-bond acceptors (Lipinski definition) is 7. The van der Waals surface area contributed by atoms with Crippen molar-refractivity contribution in [3.63, 3.8) is 0 Å². The molecule has 1 aromatic heterocycles. The van der Waals surface area contributed by atoms with Gasteiger partial charge >= 0.3 is 11.9 Å². The van der Waals surface area contributed by atoms with Crippen molar-refractivity contribution in [3.8, 4) is 0 Å². The second kappa shape index (κ2) is 8.19. The van der Waals surface area contributed by atoms with Crippen LogP contribution in [-0.4, -0.2) is 53.0 Å². The average molecular weight is 410 g/mol. The standard InChI is InChI=1S/C18H21F3N6O2/c1-25-9-7-14(8-10-25)26(2)17-15(27(28)29)16(22-11-23-17)24-13-5-3-12(4-6-13)18(19,20)21/h3-6,11,14H,7-10H2,1-2H3,(H,22,23,24). The molecule has 0 radical (unpaired) electrons. The number of benzene rings is 1. The summed E-state index contributed by atoms with van der Waals surface area (Å²) in [5.74, 6) is 0.105. The third kappa shape index (κ3) is 4.73. The minimum Gasteiger partial charge on any atom is -0.351 e. The van der Waals surface area contributed by atoms with Gasteiger partial charge in [0.25, 0.3) is 0 Å². The molecule has 8 nitrogen and oxygen atoms in total. The summed E-state index contributed by atoms with van der Waals surface area (Å²) < 4.78 is 38.2. The molecule has 2 heterocycles. The molecule has 0 aliphatic carbocycles. The summed E-state index contributed by atoms with van der Waals surface area (Å²) in [4.78, 5) is 23.2. The molecule has 0 atom stereocenters. The number of hydrogen-bond donors (Lipinski definition) is 1. The summed E-state index contributed by atoms with van der Waals surface area (Å²) in [5, 5.41) is 14.5. The van der Waals surface area contributed by atoms with Crippen molar-refractivity contribution in [2.75, 3.05) is 37.4 Å². The van der Waals surface area contributed by atoms with E-state index in [1.807, 2.05) is 7.05 Å². The van der Waals surface area contributed by atoms with E-state index in [1.165, 1.54) is 18.5 Å². The van der Waals surface area contributed by atoms with E-state index in [0.29, 0.717) is 0 Å². The fraction of sp³-hybridized carbons (Fsp3) is 0.444. The first kappa shape index (κ1) is 20.8. The summed E-state index contributed by atoms with van der Waals surface area (Å²) in [7, 11) is 3.78. The topological polar surface area (TPSA) is 87.4 Å². The van der Waals surface area contributed by atoms with E-state index >= 15 is 0 Å². The van der Waals surface area contributed by atoms with Gasteiger partial charge in [0.1, 0.15) is 6.33 Å². The zero-order chi connectivity index (χ0) is 21.2. The number of aromatic nitrogens is 2. The van der Waals surface area contributed by atoms with Gasteiger partial charge in [0, 0.05) is 18.8 Å². The van der Waals surface area contributed by atoms with Gasteiger partial charge in [0.05, 0.1) is 10.5 Å². The Balaban J connectivity index is 1.88. The summed E-state index contributed by atoms with van der Waals surface area (Å²) in [6.45, 7) is 1.76. The Hall–Kier alpha value is -2.95. The van der Waals surface area contributed by atoms with Crippen LogP contribution in [0.1, 0.15) is 18.4 Å². The Bertz CT molecular complexity index is 867. The van der Waals surface area contributed by atoms with Crippen molar-refractivity contribution >= 4 is 23.0 Å². The Morgan fingerprint density at radius 1 is 1.21 bits per heavy atom. The van der Waals surface area contributed by atoms with Crippen LogP contribution >= 0.6 is 0 Å². The van der Waals surface area contributed by atoms with Crippen LogP contribution in [0.4, 0.5) is 36.2 Å². The predicted octanol–water partition coefficient (Wildman–Crippen LogP) is 3.68. The molecule has 0 unspecified atom stereocenters. The zero-order valence-corrected chi connectivity index (χ0v) is 16.0. The lowest BCUT2D eigenvalue weighted by molar-refractivity contribution is -0.383. The van der Waals surface area contributed by atoms with E-state index in [9.17, 15) is 23.3 Å². The second-order valence-electron chi connectivity index (χ2n) is 7.00. The average Bonchev–Trinajstić information content (AvgIpc) is 2.67. The van der Waals surface area contributed by atoms with Crippen LogP contribution in [0, 0.1) is 10.1 Å². The number of alkyl halides is 3. The fourth-order valence-electron chi connectivity index (χ4n) is 3.32. The Labute approximate surface area is 165 Å². The quantitative estimate of drug-likeness (QED) is 0.594. The number of halogens is 3. The van der Waals surface area contributed by atoms with Crippen molar-refractivity contribution in [1.29, 1.82) is 0 Å². The summed E-state index contributed by atoms with van der Waals surface area (Å²) in [6, 6.07) is 4.31. The molecule has 1 aromatic carbocycles. The van der Waals surface area contributed by atoms with Gasteiger partial charge in [0.15, 0.2) is 0 Å². The maximum absolute atomic E-state index is 12.7. The van der Waals surface area contributed by atoms with Gasteiger partial charge in [0.2, 0.25) is 11.6 Å². The molecule has 1 aliphatic rings. The van der Waals surface area contributed by atoms with E-state index < -0.39 is 16.7 Å². The SMILES string of the molecule is CN1CCC(N(C)c2ncnc(Nc3ccc(C(F)(F)F)cc3)c2[N+](=O)[O-])CC1. The van der Waals surface area contributed by atoms with Crippen LogP contribution in [0.2, 0.25) is 0 Å². The number of nitrogens with zero attached hydrogens (tertiary/aromatic N) is 5. The second-order valence-corrected chi connectivity index (χ2v) is 7.00. The molecule has 1 saturated heterocycles. The van der Waals surface area contributed by atoms with Gasteiger partial charge in [-0.05, 0) is 57.2 Å². The molecule has 29 heavy (non-hydrogen) atoms. The summed E-state index contributed by atoms with van der Waals surface area (Å²) in [5.41, 5.74) is -0.857. The van der Waals surface area contributed by atoms with Crippen molar-refractivity contribution in [1.82, 2.24) is 14.9 Å². The van der Waals surface area contributed by atoms with Crippen LogP contribution in [0.25, 0.3) is 0 Å². The fourth-order valence-corrected chi connectivity index (χ4v) is 3.32. The molecule has 0 amide bonds. The molecular formula is C18H21F3N6O2. The highest BCUT2D eigenvalue weighted by molar-refractivity contribution is 5.74. The van der Waals surface area contributed by atoms with E-state index in [4.69, 9.17) is 0 Å². The minimum atomic E-state index is -4.45. The molecule has 156 valence electrons. The molecule has 0 saturated carbocycles. The van der Waals surface area contributed by atoms with Gasteiger partial charge < -0.3 is 15.1 Å². The van der Waals surface area contributed by atoms with Gasteiger partial charge in [-0.3, -0.25) is 10.1 Å². The lowest BCUT2D eigenvalue weighted by Crippen LogP contribution is -2.42. The Morgan fingerprint density at radius 3 is 2.38 bits per heavy atom. The molecule has 1 N–H and O–H groups in total. The van der Waals surface area contributed by atoms with Gasteiger partial charge in [-0.2, -0.15) is 13.2 Å². The maximum Gasteiger partial charge on any atom is 0.416 e. The molecular weight excluding hydrogens is 389 g/mol. The van der Waals surface area contributed by atoms with Crippen molar-refractivity contribution in [3.05, 3.63) is 46.3 Å². The van der Waals surface area contributed by atoms with Gasteiger partial charge in [-0.25, -0.2) is 9.97 Å². The zero-order valence-electron chi connectivity index (χ0n) is 16.0. The lowest BCUT2D eigenvalue weighted by atomic mass is 10.0. The van der Waals surface area contributed by atoms with E-state index in [2.05, 4.69) is 20.2 Å². The van der Waals surface area contributed by atoms with Crippen molar-refractivity contribution < 1.29 is 18.1 Å². The predicted molar refractivity (Wildman–Crippen MR) is 102 cm³/mol. The van der Waals surface area contributed by atoms with Crippen LogP contribution in [0.3, 0.4) is 0 Å². The molecule has 11 heteroatoms. The van der Waals surface area contributed by atoms with Gasteiger partial charge in [-0.15, -0.1) is 0 Å². The van der Waals surface area contributed by atoms with Crippen LogP contribution < -0.4 is 10.2 Å². The minimum absolute atomic E-state index is 0.0699. The summed E-state index contributed by atoms with van der Waals surface area (Å²) in [6.07, 6.45) is -1.56. The number of rotatable bonds is 5. The van der Waals surface area contributed by atoms with Crippen molar-refractivity contribution in [2.24, 2.45) is 0 Å². The molecule has 1 fully saturated rings. The first-order valence-corrected chi connectivity index (χ1v) is 9.02. The monoisotopic (exact) mass is 410 g/mol. The summed E-state index contributed by atoms with van der Waals surface area (Å²) >= 11 is 0.